The van der Waals surface area contributed by atoms with Gasteiger partial charge in [-0.25, -0.2) is 9.78 Å². The lowest BCUT2D eigenvalue weighted by Crippen LogP contribution is -2.41. The molecule has 1 aliphatic heterocycles. The molecule has 0 radical (unpaired) electrons. The lowest BCUT2D eigenvalue weighted by atomic mass is 9.77. The number of hydrogen-bond acceptors (Lipinski definition) is 6. The van der Waals surface area contributed by atoms with Crippen LogP contribution in [-0.2, 0) is 14.0 Å². The lowest BCUT2D eigenvalue weighted by Gasteiger charge is -2.32. The number of aromatic amines is 1. The molecule has 11 heteroatoms. The van der Waals surface area contributed by atoms with Gasteiger partial charge < -0.3 is 24.3 Å². The first-order valence-electron chi connectivity index (χ1n) is 13.4. The Morgan fingerprint density at radius 1 is 1.02 bits per heavy atom. The molecule has 2 N–H and O–H groups in total. The molecule has 210 valence electrons. The highest BCUT2D eigenvalue weighted by molar-refractivity contribution is 6.56. The molecule has 3 heterocycles. The van der Waals surface area contributed by atoms with Crippen molar-refractivity contribution in [2.45, 2.75) is 44.8 Å². The first-order chi connectivity index (χ1) is 19.5. The summed E-state index contributed by atoms with van der Waals surface area (Å²) in [5.41, 5.74) is 5.38. The van der Waals surface area contributed by atoms with Gasteiger partial charge in [-0.1, -0.05) is 66.2 Å². The number of carbonyl (C=O) groups is 1. The summed E-state index contributed by atoms with van der Waals surface area (Å²) in [4.78, 5) is 24.4. The normalized spacial score (nSPS) is 17.5. The number of nitrogens with one attached hydrogen (secondary N) is 2. The Morgan fingerprint density at radius 2 is 1.63 bits per heavy atom. The van der Waals surface area contributed by atoms with Gasteiger partial charge in [0.15, 0.2) is 0 Å². The van der Waals surface area contributed by atoms with Crippen LogP contribution in [0.3, 0.4) is 0 Å². The number of nitrogens with zero attached hydrogens (tertiary/aromatic N) is 2. The number of carbonyl (C=O) groups excluding carboxylic acids is 1. The van der Waals surface area contributed by atoms with Crippen LogP contribution in [0.5, 0.6) is 0 Å². The number of benzene rings is 2. The van der Waals surface area contributed by atoms with Gasteiger partial charge in [-0.2, -0.15) is 4.98 Å². The van der Waals surface area contributed by atoms with Crippen LogP contribution in [0.25, 0.3) is 28.2 Å². The molecule has 1 amide bonds. The van der Waals surface area contributed by atoms with Gasteiger partial charge in [0.05, 0.1) is 16.6 Å². The fraction of sp³-hybridized carbons (Fsp3) is 0.300. The van der Waals surface area contributed by atoms with E-state index in [2.05, 4.69) is 44.5 Å². The smallest absolute Gasteiger partial charge is 0.449 e. The molecule has 0 saturated carbocycles. The summed E-state index contributed by atoms with van der Waals surface area (Å²) in [7, 11) is -0.717. The van der Waals surface area contributed by atoms with Crippen LogP contribution in [-0.4, -0.2) is 52.5 Å². The zero-order chi connectivity index (χ0) is 28.9. The maximum atomic E-state index is 13.0. The van der Waals surface area contributed by atoms with Crippen molar-refractivity contribution < 1.29 is 18.8 Å². The fourth-order valence-corrected chi connectivity index (χ4v) is 5.81. The zero-order valence-corrected chi connectivity index (χ0v) is 24.6. The number of rotatable bonds is 6. The van der Waals surface area contributed by atoms with Gasteiger partial charge in [0, 0.05) is 24.2 Å². The van der Waals surface area contributed by atoms with E-state index in [-0.39, 0.29) is 29.5 Å². The number of H-pyrrole nitrogens is 1. The topological polar surface area (TPSA) is 98.4 Å². The number of halogens is 2. The first-order valence-corrected chi connectivity index (χ1v) is 14.1. The molecule has 0 spiro atoms. The molecule has 2 aliphatic rings. The highest BCUT2D eigenvalue weighted by atomic mass is 35.5. The SMILES string of the molecule is CC1(C)OB(C(=Cc2c[nH]c3nc(Cl)nc(Cl)c23)CNC(=O)OCC2c3ccccc3-c3ccccc32)OC1(C)C. The standard InChI is InChI=1S/C30H29BCl2N4O4/c1-29(2)30(3,4)41-31(40-29)18(13-17-14-34-26-24(17)25(32)36-27(33)37-26)15-35-28(38)39-16-23-21-11-7-5-9-19(21)20-10-6-8-12-22(20)23/h5-14,23H,15-16H2,1-4H3,(H,35,38)(H,34,36,37). The summed E-state index contributed by atoms with van der Waals surface area (Å²) in [6.07, 6.45) is 3.06. The summed E-state index contributed by atoms with van der Waals surface area (Å²) >= 11 is 12.4. The molecule has 6 rings (SSSR count). The van der Waals surface area contributed by atoms with Gasteiger partial charge in [-0.15, -0.1) is 0 Å². The molecule has 41 heavy (non-hydrogen) atoms. The van der Waals surface area contributed by atoms with E-state index in [9.17, 15) is 4.79 Å². The van der Waals surface area contributed by atoms with E-state index in [1.807, 2.05) is 58.0 Å². The van der Waals surface area contributed by atoms with Crippen LogP contribution < -0.4 is 5.32 Å². The second kappa shape index (κ2) is 10.5. The Bertz CT molecular complexity index is 1620. The fourth-order valence-electron chi connectivity index (χ4n) is 5.32. The third kappa shape index (κ3) is 5.12. The van der Waals surface area contributed by atoms with Crippen LogP contribution in [0, 0.1) is 0 Å². The summed E-state index contributed by atoms with van der Waals surface area (Å²) in [5, 5.41) is 3.75. The number of hydrogen-bond donors (Lipinski definition) is 2. The van der Waals surface area contributed by atoms with Gasteiger partial charge in [0.2, 0.25) is 5.28 Å². The van der Waals surface area contributed by atoms with E-state index in [0.717, 1.165) is 11.1 Å². The van der Waals surface area contributed by atoms with Crippen molar-refractivity contribution in [3.8, 4) is 11.1 Å². The van der Waals surface area contributed by atoms with Crippen molar-refractivity contribution in [2.75, 3.05) is 13.2 Å². The van der Waals surface area contributed by atoms with Crippen LogP contribution >= 0.6 is 23.2 Å². The highest BCUT2D eigenvalue weighted by Gasteiger charge is 2.52. The minimum Gasteiger partial charge on any atom is -0.449 e. The van der Waals surface area contributed by atoms with Crippen LogP contribution in [0.2, 0.25) is 10.4 Å². The Balaban J connectivity index is 1.22. The van der Waals surface area contributed by atoms with E-state index in [4.69, 9.17) is 37.2 Å². The van der Waals surface area contributed by atoms with Crippen LogP contribution in [0.15, 0.2) is 60.2 Å². The molecule has 1 saturated heterocycles. The van der Waals surface area contributed by atoms with Crippen molar-refractivity contribution in [2.24, 2.45) is 0 Å². The molecule has 1 aliphatic carbocycles. The summed E-state index contributed by atoms with van der Waals surface area (Å²) in [5.74, 6) is -0.0357. The predicted octanol–water partition coefficient (Wildman–Crippen LogP) is 6.82. The molecule has 4 aromatic rings. The molecule has 0 bridgehead atoms. The Labute approximate surface area is 248 Å². The van der Waals surface area contributed by atoms with Crippen LogP contribution in [0.4, 0.5) is 4.79 Å². The lowest BCUT2D eigenvalue weighted by molar-refractivity contribution is 0.00578. The largest absolute Gasteiger partial charge is 0.492 e. The second-order valence-electron chi connectivity index (χ2n) is 11.2. The number of ether oxygens (including phenoxy) is 1. The Hall–Kier alpha value is -3.37. The number of fused-ring (bicyclic) bond motifs is 4. The van der Waals surface area contributed by atoms with Crippen molar-refractivity contribution >= 4 is 53.5 Å². The molecule has 0 atom stereocenters. The molecule has 2 aromatic carbocycles. The molecular weight excluding hydrogens is 562 g/mol. The Morgan fingerprint density at radius 3 is 2.27 bits per heavy atom. The van der Waals surface area contributed by atoms with Crippen LogP contribution in [0.1, 0.15) is 50.3 Å². The van der Waals surface area contributed by atoms with Gasteiger partial charge in [-0.05, 0) is 67.0 Å². The third-order valence-electron chi connectivity index (χ3n) is 8.17. The minimum atomic E-state index is -0.717. The zero-order valence-electron chi connectivity index (χ0n) is 23.1. The summed E-state index contributed by atoms with van der Waals surface area (Å²) in [6, 6.07) is 16.4. The van der Waals surface area contributed by atoms with Gasteiger partial charge in [-0.3, -0.25) is 0 Å². The maximum absolute atomic E-state index is 13.0. The molecule has 8 nitrogen and oxygen atoms in total. The van der Waals surface area contributed by atoms with Gasteiger partial charge in [0.1, 0.15) is 17.4 Å². The number of alkyl carbamates (subject to hydrolysis) is 1. The van der Waals surface area contributed by atoms with E-state index >= 15 is 0 Å². The maximum Gasteiger partial charge on any atom is 0.492 e. The van der Waals surface area contributed by atoms with E-state index in [1.54, 1.807) is 6.20 Å². The predicted molar refractivity (Wildman–Crippen MR) is 161 cm³/mol. The average molecular weight is 591 g/mol. The highest BCUT2D eigenvalue weighted by Crippen LogP contribution is 2.44. The molecular formula is C30H29BCl2N4O4. The second-order valence-corrected chi connectivity index (χ2v) is 11.9. The average Bonchev–Trinajstić information content (AvgIpc) is 3.54. The van der Waals surface area contributed by atoms with E-state index in [0.29, 0.717) is 22.1 Å². The summed E-state index contributed by atoms with van der Waals surface area (Å²) < 4.78 is 18.4. The molecule has 2 aromatic heterocycles. The Kier molecular flexibility index (Phi) is 7.10. The van der Waals surface area contributed by atoms with Crippen molar-refractivity contribution in [3.05, 3.63) is 87.3 Å². The number of amides is 1. The quantitative estimate of drug-likeness (QED) is 0.145. The van der Waals surface area contributed by atoms with E-state index in [1.165, 1.54) is 11.1 Å². The summed E-state index contributed by atoms with van der Waals surface area (Å²) in [6.45, 7) is 8.23. The van der Waals surface area contributed by atoms with Crippen molar-refractivity contribution in [3.63, 3.8) is 0 Å². The molecule has 0 unspecified atom stereocenters. The minimum absolute atomic E-state index is 0.0357. The van der Waals surface area contributed by atoms with Gasteiger partial charge >= 0.3 is 13.2 Å². The van der Waals surface area contributed by atoms with E-state index < -0.39 is 24.4 Å². The first kappa shape index (κ1) is 27.8. The van der Waals surface area contributed by atoms with Gasteiger partial charge in [0.25, 0.3) is 0 Å². The van der Waals surface area contributed by atoms with Crippen molar-refractivity contribution in [1.29, 1.82) is 0 Å². The van der Waals surface area contributed by atoms with Crippen molar-refractivity contribution in [1.82, 2.24) is 20.3 Å². The third-order valence-corrected chi connectivity index (χ3v) is 8.61. The molecule has 1 fully saturated rings. The number of aromatic nitrogens is 3. The monoisotopic (exact) mass is 590 g/mol.